The Kier molecular flexibility index (Phi) is 4.67. The first kappa shape index (κ1) is 17.5. The number of nitro groups is 1. The van der Waals surface area contributed by atoms with Gasteiger partial charge in [-0.2, -0.15) is 0 Å². The second kappa shape index (κ2) is 6.92. The molecular formula is C16H15N5O4S. The number of para-hydroxylation sites is 2. The molecule has 0 bridgehead atoms. The van der Waals surface area contributed by atoms with Gasteiger partial charge in [-0.05, 0) is 24.3 Å². The summed E-state index contributed by atoms with van der Waals surface area (Å²) < 4.78 is 25.4. The number of nitrogens with zero attached hydrogens (tertiary/aromatic N) is 4. The second-order valence-corrected chi connectivity index (χ2v) is 7.47. The van der Waals surface area contributed by atoms with Crippen molar-refractivity contribution < 1.29 is 13.3 Å². The molecule has 0 saturated carbocycles. The van der Waals surface area contributed by atoms with Gasteiger partial charge >= 0.3 is 5.69 Å². The highest BCUT2D eigenvalue weighted by Gasteiger charge is 2.26. The van der Waals surface area contributed by atoms with Gasteiger partial charge in [0.2, 0.25) is 0 Å². The number of nitrogens with one attached hydrogen (secondary N) is 1. The summed E-state index contributed by atoms with van der Waals surface area (Å²) >= 11 is 0. The van der Waals surface area contributed by atoms with Gasteiger partial charge in [-0.1, -0.05) is 24.3 Å². The molecule has 0 atom stereocenters. The SMILES string of the molecule is CS(=O)(=O)c1cccc(NCc2nncn2-c2ccccc2)c1[N+](=O)[O-]. The van der Waals surface area contributed by atoms with Crippen LogP contribution in [-0.4, -0.2) is 34.4 Å². The van der Waals surface area contributed by atoms with Gasteiger partial charge in [-0.25, -0.2) is 8.42 Å². The monoisotopic (exact) mass is 373 g/mol. The first-order chi connectivity index (χ1) is 12.4. The van der Waals surface area contributed by atoms with Crippen LogP contribution in [-0.2, 0) is 16.4 Å². The summed E-state index contributed by atoms with van der Waals surface area (Å²) in [6.45, 7) is 0.128. The summed E-state index contributed by atoms with van der Waals surface area (Å²) in [6.07, 6.45) is 2.47. The van der Waals surface area contributed by atoms with Crippen LogP contribution in [0.3, 0.4) is 0 Å². The zero-order valence-electron chi connectivity index (χ0n) is 13.7. The van der Waals surface area contributed by atoms with Gasteiger partial charge in [-0.3, -0.25) is 14.7 Å². The van der Waals surface area contributed by atoms with Crippen molar-refractivity contribution in [2.45, 2.75) is 11.4 Å². The maximum Gasteiger partial charge on any atom is 0.310 e. The molecule has 1 heterocycles. The van der Waals surface area contributed by atoms with Crippen LogP contribution in [0.5, 0.6) is 0 Å². The molecule has 3 rings (SSSR count). The molecule has 10 heteroatoms. The topological polar surface area (TPSA) is 120 Å². The fourth-order valence-corrected chi connectivity index (χ4v) is 3.37. The van der Waals surface area contributed by atoms with Crippen LogP contribution in [0.25, 0.3) is 5.69 Å². The molecule has 2 aromatic carbocycles. The van der Waals surface area contributed by atoms with E-state index >= 15 is 0 Å². The van der Waals surface area contributed by atoms with Gasteiger partial charge in [0, 0.05) is 11.9 Å². The molecule has 0 spiro atoms. The fraction of sp³-hybridized carbons (Fsp3) is 0.125. The lowest BCUT2D eigenvalue weighted by molar-refractivity contribution is -0.386. The fourth-order valence-electron chi connectivity index (χ4n) is 2.51. The van der Waals surface area contributed by atoms with Gasteiger partial charge < -0.3 is 5.32 Å². The van der Waals surface area contributed by atoms with Gasteiger partial charge in [-0.15, -0.1) is 10.2 Å². The predicted molar refractivity (Wildman–Crippen MR) is 94.9 cm³/mol. The molecule has 0 amide bonds. The van der Waals surface area contributed by atoms with Crippen LogP contribution in [0.2, 0.25) is 0 Å². The van der Waals surface area contributed by atoms with E-state index < -0.39 is 20.4 Å². The zero-order chi connectivity index (χ0) is 18.7. The minimum absolute atomic E-state index is 0.0977. The van der Waals surface area contributed by atoms with E-state index in [1.165, 1.54) is 24.5 Å². The molecule has 0 fully saturated rings. The van der Waals surface area contributed by atoms with Crippen LogP contribution in [0.15, 0.2) is 59.8 Å². The summed E-state index contributed by atoms with van der Waals surface area (Å²) in [4.78, 5) is 10.4. The molecule has 0 aliphatic heterocycles. The van der Waals surface area contributed by atoms with E-state index in [1.54, 1.807) is 4.57 Å². The Labute approximate surface area is 149 Å². The molecule has 26 heavy (non-hydrogen) atoms. The molecule has 3 aromatic rings. The number of sulfone groups is 1. The lowest BCUT2D eigenvalue weighted by Crippen LogP contribution is -2.10. The number of hydrogen-bond donors (Lipinski definition) is 1. The van der Waals surface area contributed by atoms with Crippen molar-refractivity contribution in [2.75, 3.05) is 11.6 Å². The minimum atomic E-state index is -3.74. The lowest BCUT2D eigenvalue weighted by Gasteiger charge is -2.10. The van der Waals surface area contributed by atoms with Gasteiger partial charge in [0.1, 0.15) is 16.9 Å². The van der Waals surface area contributed by atoms with Crippen molar-refractivity contribution >= 4 is 21.2 Å². The first-order valence-corrected chi connectivity index (χ1v) is 9.42. The van der Waals surface area contributed by atoms with Gasteiger partial charge in [0.25, 0.3) is 0 Å². The number of aromatic nitrogens is 3. The van der Waals surface area contributed by atoms with Gasteiger partial charge in [0.15, 0.2) is 15.7 Å². The Morgan fingerprint density at radius 2 is 1.88 bits per heavy atom. The number of rotatable bonds is 6. The van der Waals surface area contributed by atoms with Crippen LogP contribution < -0.4 is 5.32 Å². The number of anilines is 1. The van der Waals surface area contributed by atoms with Crippen LogP contribution in [0, 0.1) is 10.1 Å². The zero-order valence-corrected chi connectivity index (χ0v) is 14.5. The van der Waals surface area contributed by atoms with Crippen LogP contribution in [0.4, 0.5) is 11.4 Å². The number of benzene rings is 2. The Balaban J connectivity index is 1.93. The third kappa shape index (κ3) is 3.54. The Bertz CT molecular complexity index is 1050. The van der Waals surface area contributed by atoms with Crippen molar-refractivity contribution in [3.63, 3.8) is 0 Å². The highest BCUT2D eigenvalue weighted by Crippen LogP contribution is 2.32. The maximum atomic E-state index is 11.8. The molecular weight excluding hydrogens is 358 g/mol. The van der Waals surface area contributed by atoms with Crippen LogP contribution >= 0.6 is 0 Å². The third-order valence-electron chi connectivity index (χ3n) is 3.67. The molecule has 0 unspecified atom stereocenters. The van der Waals surface area contributed by atoms with E-state index in [1.807, 2.05) is 30.3 Å². The predicted octanol–water partition coefficient (Wildman–Crippen LogP) is 2.19. The molecule has 134 valence electrons. The van der Waals surface area contributed by atoms with E-state index in [4.69, 9.17) is 0 Å². The summed E-state index contributed by atoms with van der Waals surface area (Å²) in [5.74, 6) is 0.523. The summed E-state index contributed by atoms with van der Waals surface area (Å²) in [5.41, 5.74) is 0.454. The van der Waals surface area contributed by atoms with E-state index in [2.05, 4.69) is 15.5 Å². The van der Waals surface area contributed by atoms with E-state index in [0.717, 1.165) is 11.9 Å². The quantitative estimate of drug-likeness (QED) is 0.519. The third-order valence-corrected chi connectivity index (χ3v) is 4.80. The molecule has 0 radical (unpaired) electrons. The van der Waals surface area contributed by atoms with Crippen molar-refractivity contribution in [3.8, 4) is 5.69 Å². The lowest BCUT2D eigenvalue weighted by atomic mass is 10.2. The molecule has 0 saturated heterocycles. The molecule has 9 nitrogen and oxygen atoms in total. The number of nitro benzene ring substituents is 1. The second-order valence-electron chi connectivity index (χ2n) is 5.49. The Morgan fingerprint density at radius 3 is 2.54 bits per heavy atom. The van der Waals surface area contributed by atoms with E-state index in [9.17, 15) is 18.5 Å². The summed E-state index contributed by atoms with van der Waals surface area (Å²) in [7, 11) is -3.74. The van der Waals surface area contributed by atoms with E-state index in [-0.39, 0.29) is 17.1 Å². The van der Waals surface area contributed by atoms with Crippen LogP contribution in [0.1, 0.15) is 5.82 Å². The first-order valence-electron chi connectivity index (χ1n) is 7.53. The smallest absolute Gasteiger partial charge is 0.310 e. The Hall–Kier alpha value is -3.27. The molecule has 1 N–H and O–H groups in total. The maximum absolute atomic E-state index is 11.8. The van der Waals surface area contributed by atoms with Crippen molar-refractivity contribution in [1.82, 2.24) is 14.8 Å². The van der Waals surface area contributed by atoms with Crippen molar-refractivity contribution in [3.05, 3.63) is 70.8 Å². The summed E-state index contributed by atoms with van der Waals surface area (Å²) in [6, 6.07) is 13.5. The van der Waals surface area contributed by atoms with Gasteiger partial charge in [0.05, 0.1) is 11.5 Å². The van der Waals surface area contributed by atoms with Crippen molar-refractivity contribution in [2.24, 2.45) is 0 Å². The van der Waals surface area contributed by atoms with E-state index in [0.29, 0.717) is 5.82 Å². The Morgan fingerprint density at radius 1 is 1.15 bits per heavy atom. The molecule has 1 aromatic heterocycles. The normalized spacial score (nSPS) is 11.3. The number of hydrogen-bond acceptors (Lipinski definition) is 7. The summed E-state index contributed by atoms with van der Waals surface area (Å²) in [5, 5.41) is 22.2. The average Bonchev–Trinajstić information content (AvgIpc) is 3.08. The average molecular weight is 373 g/mol. The minimum Gasteiger partial charge on any atom is -0.372 e. The highest BCUT2D eigenvalue weighted by atomic mass is 32.2. The molecule has 0 aliphatic rings. The standard InChI is InChI=1S/C16H15N5O4S/c1-26(24,25)14-9-5-8-13(16(14)21(22)23)17-10-15-19-18-11-20(15)12-6-3-2-4-7-12/h2-9,11,17H,10H2,1H3. The highest BCUT2D eigenvalue weighted by molar-refractivity contribution is 7.90. The largest absolute Gasteiger partial charge is 0.372 e. The molecule has 0 aliphatic carbocycles. The van der Waals surface area contributed by atoms with Crippen molar-refractivity contribution in [1.29, 1.82) is 0 Å².